The molecule has 0 aliphatic rings. The molecule has 0 aliphatic heterocycles. The van der Waals surface area contributed by atoms with E-state index in [0.29, 0.717) is 36.8 Å². The molecule has 4 N–H and O–H groups in total. The molecule has 3 aromatic rings. The summed E-state index contributed by atoms with van der Waals surface area (Å²) >= 11 is 0. The molecule has 0 saturated carbocycles. The fourth-order valence-corrected chi connectivity index (χ4v) is 2.92. The second-order valence-electron chi connectivity index (χ2n) is 7.80. The average molecular weight is 500 g/mol. The Bertz CT molecular complexity index is 1120. The fraction of sp³-hybridized carbons (Fsp3) is 0.348. The predicted molar refractivity (Wildman–Crippen MR) is 131 cm³/mol. The number of benzene rings is 1. The topological polar surface area (TPSA) is 164 Å². The summed E-state index contributed by atoms with van der Waals surface area (Å²) in [7, 11) is 4.74. The van der Waals surface area contributed by atoms with Crippen LogP contribution in [0.4, 0.5) is 22.6 Å². The van der Waals surface area contributed by atoms with E-state index >= 15 is 0 Å². The molecule has 2 aromatic heterocycles. The molecule has 1 atom stereocenters. The van der Waals surface area contributed by atoms with Gasteiger partial charge in [-0.1, -0.05) is 12.1 Å². The minimum Gasteiger partial charge on any atom is -0.480 e. The van der Waals surface area contributed by atoms with Crippen LogP contribution in [0, 0.1) is 0 Å². The summed E-state index contributed by atoms with van der Waals surface area (Å²) in [5.74, 6) is 0.520. The zero-order valence-electron chi connectivity index (χ0n) is 20.2. The summed E-state index contributed by atoms with van der Waals surface area (Å²) in [6, 6.07) is 9.13. The summed E-state index contributed by atoms with van der Waals surface area (Å²) < 4.78 is 15.5. The van der Waals surface area contributed by atoms with Gasteiger partial charge in [0.1, 0.15) is 17.6 Å². The van der Waals surface area contributed by atoms with Crippen LogP contribution in [0.15, 0.2) is 47.1 Å². The minimum atomic E-state index is -1.09. The second-order valence-corrected chi connectivity index (χ2v) is 7.80. The summed E-state index contributed by atoms with van der Waals surface area (Å²) in [5.41, 5.74) is 0.711. The molecule has 0 fully saturated rings. The lowest BCUT2D eigenvalue weighted by molar-refractivity contribution is -0.137. The Morgan fingerprint density at radius 3 is 2.36 bits per heavy atom. The highest BCUT2D eigenvalue weighted by atomic mass is 16.6. The van der Waals surface area contributed by atoms with E-state index in [1.807, 2.05) is 0 Å². The Labute approximate surface area is 207 Å². The Hall–Kier alpha value is -4.39. The van der Waals surface area contributed by atoms with Crippen molar-refractivity contribution in [3.05, 3.63) is 54.0 Å². The third kappa shape index (κ3) is 8.13. The number of nitrogens with one attached hydrogen (secondary N) is 3. The van der Waals surface area contributed by atoms with Gasteiger partial charge >= 0.3 is 12.1 Å². The van der Waals surface area contributed by atoms with Crippen molar-refractivity contribution in [2.45, 2.75) is 19.0 Å². The number of anilines is 3. The molecule has 13 nitrogen and oxygen atoms in total. The van der Waals surface area contributed by atoms with Crippen molar-refractivity contribution in [2.24, 2.45) is 0 Å². The first-order valence-corrected chi connectivity index (χ1v) is 11.1. The molecule has 1 amide bonds. The van der Waals surface area contributed by atoms with Crippen LogP contribution >= 0.6 is 0 Å². The number of carboxylic acids is 1. The number of methoxy groups -OCH3 is 1. The van der Waals surface area contributed by atoms with Crippen LogP contribution in [0.3, 0.4) is 0 Å². The molecule has 0 spiro atoms. The number of nitrogens with zero attached hydrogens (tertiary/aromatic N) is 4. The van der Waals surface area contributed by atoms with E-state index in [1.54, 1.807) is 63.9 Å². The lowest BCUT2D eigenvalue weighted by Gasteiger charge is -2.16. The number of aliphatic carboxylic acids is 1. The van der Waals surface area contributed by atoms with Crippen molar-refractivity contribution >= 4 is 29.9 Å². The van der Waals surface area contributed by atoms with Gasteiger partial charge in [0.15, 0.2) is 0 Å². The van der Waals surface area contributed by atoms with E-state index in [9.17, 15) is 14.7 Å². The van der Waals surface area contributed by atoms with Gasteiger partial charge in [-0.2, -0.15) is 15.0 Å². The molecule has 0 radical (unpaired) electrons. The van der Waals surface area contributed by atoms with E-state index in [0.717, 1.165) is 0 Å². The number of hydrogen-bond donors (Lipinski definition) is 4. The molecule has 3 rings (SSSR count). The Morgan fingerprint density at radius 1 is 1.06 bits per heavy atom. The number of rotatable bonds is 13. The first kappa shape index (κ1) is 26.2. The van der Waals surface area contributed by atoms with E-state index < -0.39 is 18.1 Å². The summed E-state index contributed by atoms with van der Waals surface area (Å²) in [4.78, 5) is 37.9. The Morgan fingerprint density at radius 2 is 1.75 bits per heavy atom. The monoisotopic (exact) mass is 499 g/mol. The molecule has 0 aliphatic carbocycles. The van der Waals surface area contributed by atoms with Crippen LogP contribution in [-0.2, 0) is 22.5 Å². The molecule has 0 saturated heterocycles. The van der Waals surface area contributed by atoms with Gasteiger partial charge in [0.05, 0.1) is 19.4 Å². The van der Waals surface area contributed by atoms with Crippen LogP contribution in [0.5, 0.6) is 5.75 Å². The number of furan rings is 1. The van der Waals surface area contributed by atoms with Crippen molar-refractivity contribution < 1.29 is 28.6 Å². The Kier molecular flexibility index (Phi) is 9.40. The smallest absolute Gasteiger partial charge is 0.414 e. The third-order valence-electron chi connectivity index (χ3n) is 4.76. The van der Waals surface area contributed by atoms with E-state index in [-0.39, 0.29) is 24.3 Å². The van der Waals surface area contributed by atoms with Gasteiger partial charge in [-0.3, -0.25) is 0 Å². The second kappa shape index (κ2) is 12.9. The highest BCUT2D eigenvalue weighted by Crippen LogP contribution is 2.17. The molecule has 192 valence electrons. The maximum atomic E-state index is 12.0. The number of carbonyl (C=O) groups is 2. The summed E-state index contributed by atoms with van der Waals surface area (Å²) in [6.45, 7) is 1.22. The van der Waals surface area contributed by atoms with Gasteiger partial charge in [0.25, 0.3) is 0 Å². The summed E-state index contributed by atoms with van der Waals surface area (Å²) in [5, 5.41) is 18.7. The first-order chi connectivity index (χ1) is 17.3. The maximum Gasteiger partial charge on any atom is 0.414 e. The van der Waals surface area contributed by atoms with Crippen molar-refractivity contribution in [2.75, 3.05) is 50.3 Å². The van der Waals surface area contributed by atoms with Gasteiger partial charge in [0.2, 0.25) is 17.8 Å². The van der Waals surface area contributed by atoms with Crippen molar-refractivity contribution in [1.82, 2.24) is 19.9 Å². The number of aromatic nitrogens is 3. The molecule has 0 bridgehead atoms. The normalized spacial score (nSPS) is 11.4. The van der Waals surface area contributed by atoms with Crippen molar-refractivity contribution in [3.8, 4) is 5.75 Å². The lowest BCUT2D eigenvalue weighted by atomic mass is 10.1. The largest absolute Gasteiger partial charge is 0.480 e. The minimum absolute atomic E-state index is 0.0794. The molecule has 2 heterocycles. The number of hydrogen-bond acceptors (Lipinski definition) is 11. The molecule has 0 unspecified atom stereocenters. The van der Waals surface area contributed by atoms with E-state index in [1.165, 1.54) is 4.90 Å². The van der Waals surface area contributed by atoms with Crippen LogP contribution < -0.4 is 20.7 Å². The average Bonchev–Trinajstić information content (AvgIpc) is 3.37. The standard InChI is InChI=1S/C23H29N7O6/c1-30(2)23(33)36-16-8-6-15(7-9-16)13-18(19(31)32)26-22-28-20(24-10-12-34-3)27-21(29-22)25-14-17-5-4-11-35-17/h4-9,11,18H,10,12-14H2,1-3H3,(H,31,32)(H3,24,25,26,27,28,29)/t18-/m0/s1. The molecular formula is C23H29N7O6. The van der Waals surface area contributed by atoms with Gasteiger partial charge in [-0.15, -0.1) is 0 Å². The van der Waals surface area contributed by atoms with Crippen molar-refractivity contribution in [1.29, 1.82) is 0 Å². The highest BCUT2D eigenvalue weighted by molar-refractivity contribution is 5.77. The van der Waals surface area contributed by atoms with Crippen LogP contribution in [0.25, 0.3) is 0 Å². The number of amides is 1. The molecular weight excluding hydrogens is 470 g/mol. The van der Waals surface area contributed by atoms with Crippen molar-refractivity contribution in [3.63, 3.8) is 0 Å². The van der Waals surface area contributed by atoms with Gasteiger partial charge in [-0.05, 0) is 29.8 Å². The maximum absolute atomic E-state index is 12.0. The van der Waals surface area contributed by atoms with Crippen LogP contribution in [0.1, 0.15) is 11.3 Å². The van der Waals surface area contributed by atoms with Crippen LogP contribution in [-0.4, -0.2) is 77.4 Å². The van der Waals surface area contributed by atoms with Crippen LogP contribution in [0.2, 0.25) is 0 Å². The quantitative estimate of drug-likeness (QED) is 0.254. The first-order valence-electron chi connectivity index (χ1n) is 11.1. The molecule has 36 heavy (non-hydrogen) atoms. The lowest BCUT2D eigenvalue weighted by Crippen LogP contribution is -2.32. The molecule has 13 heteroatoms. The Balaban J connectivity index is 1.72. The van der Waals surface area contributed by atoms with E-state index in [4.69, 9.17) is 13.9 Å². The zero-order chi connectivity index (χ0) is 25.9. The van der Waals surface area contributed by atoms with E-state index in [2.05, 4.69) is 30.9 Å². The number of carbonyl (C=O) groups excluding carboxylic acids is 1. The number of ether oxygens (including phenoxy) is 2. The summed E-state index contributed by atoms with van der Waals surface area (Å²) in [6.07, 6.45) is 1.18. The number of carboxylic acid groups (broad SMARTS) is 1. The highest BCUT2D eigenvalue weighted by Gasteiger charge is 2.20. The molecule has 1 aromatic carbocycles. The predicted octanol–water partition coefficient (Wildman–Crippen LogP) is 2.30. The zero-order valence-corrected chi connectivity index (χ0v) is 20.2. The third-order valence-corrected chi connectivity index (χ3v) is 4.76. The van der Waals surface area contributed by atoms with Gasteiger partial charge < -0.3 is 39.8 Å². The SMILES string of the molecule is COCCNc1nc(NCc2ccco2)nc(N[C@@H](Cc2ccc(OC(=O)N(C)C)cc2)C(=O)O)n1. The fourth-order valence-electron chi connectivity index (χ4n) is 2.92. The van der Waals surface area contributed by atoms with Gasteiger partial charge in [0, 0.05) is 34.2 Å². The van der Waals surface area contributed by atoms with Gasteiger partial charge in [-0.25, -0.2) is 9.59 Å².